The average molecular weight is 613 g/mol. The second kappa shape index (κ2) is 12.8. The van der Waals surface area contributed by atoms with E-state index in [1.54, 1.807) is 29.9 Å². The zero-order chi connectivity index (χ0) is 32.4. The quantitative estimate of drug-likeness (QED) is 0.222. The third-order valence-electron chi connectivity index (χ3n) is 8.76. The first-order chi connectivity index (χ1) is 22.3. The van der Waals surface area contributed by atoms with E-state index in [0.29, 0.717) is 41.9 Å². The lowest BCUT2D eigenvalue weighted by atomic mass is 9.93. The minimum Gasteiger partial charge on any atom is -0.497 e. The fourth-order valence-corrected chi connectivity index (χ4v) is 6.41. The number of ether oxygens (including phenoxy) is 1. The Balaban J connectivity index is 1.38. The molecular formula is C37H33FN6O2. The van der Waals surface area contributed by atoms with Crippen molar-refractivity contribution in [2.24, 2.45) is 0 Å². The number of rotatable bonds is 7. The molecule has 0 radical (unpaired) electrons. The van der Waals surface area contributed by atoms with Crippen LogP contribution in [0.4, 0.5) is 10.1 Å². The van der Waals surface area contributed by atoms with Gasteiger partial charge in [0.1, 0.15) is 28.8 Å². The van der Waals surface area contributed by atoms with Gasteiger partial charge in [-0.2, -0.15) is 10.5 Å². The lowest BCUT2D eigenvalue weighted by Gasteiger charge is -2.48. The highest BCUT2D eigenvalue weighted by Gasteiger charge is 2.36. The van der Waals surface area contributed by atoms with Crippen LogP contribution in [0.5, 0.6) is 5.75 Å². The minimum atomic E-state index is -0.300. The van der Waals surface area contributed by atoms with E-state index in [1.807, 2.05) is 60.7 Å². The smallest absolute Gasteiger partial charge is 0.253 e. The molecular weight excluding hydrogens is 579 g/mol. The van der Waals surface area contributed by atoms with E-state index in [1.165, 1.54) is 12.1 Å². The molecule has 1 aliphatic rings. The van der Waals surface area contributed by atoms with Gasteiger partial charge in [0, 0.05) is 31.2 Å². The lowest BCUT2D eigenvalue weighted by Crippen LogP contribution is -2.57. The van der Waals surface area contributed by atoms with Crippen molar-refractivity contribution < 1.29 is 9.13 Å². The van der Waals surface area contributed by atoms with Gasteiger partial charge in [-0.25, -0.2) is 9.37 Å². The van der Waals surface area contributed by atoms with Gasteiger partial charge in [-0.1, -0.05) is 36.4 Å². The van der Waals surface area contributed by atoms with Crippen LogP contribution >= 0.6 is 0 Å². The summed E-state index contributed by atoms with van der Waals surface area (Å²) in [7, 11) is 1.61. The standard InChI is InChI=1S/C37H33FN6O2/c1-24-22-43(37(29-10-12-30(38)13-11-29)28-8-4-26(19-39)5-9-28)25(2)21-42(24)34-18-35(45)44(23-27-6-15-32(46-3)16-7-27)33-17-14-31(20-40)41-36(33)34/h4-18,24-25,37H,21-23H2,1-3H3/t24-,25+,37?/m0/s1. The van der Waals surface area contributed by atoms with Gasteiger partial charge in [0.05, 0.1) is 42.5 Å². The molecule has 0 aliphatic carbocycles. The third-order valence-corrected chi connectivity index (χ3v) is 8.76. The Morgan fingerprint density at radius 2 is 1.57 bits per heavy atom. The molecule has 9 heteroatoms. The second-order valence-electron chi connectivity index (χ2n) is 11.7. The Hall–Kier alpha value is -5.51. The number of piperazine rings is 1. The van der Waals surface area contributed by atoms with E-state index in [0.717, 1.165) is 22.4 Å². The highest BCUT2D eigenvalue weighted by atomic mass is 19.1. The summed E-state index contributed by atoms with van der Waals surface area (Å²) in [4.78, 5) is 23.1. The summed E-state index contributed by atoms with van der Waals surface area (Å²) in [6.45, 7) is 5.82. The Kier molecular flexibility index (Phi) is 8.52. The van der Waals surface area contributed by atoms with Crippen LogP contribution < -0.4 is 15.2 Å². The van der Waals surface area contributed by atoms with Crippen molar-refractivity contribution in [2.45, 2.75) is 38.5 Å². The van der Waals surface area contributed by atoms with Gasteiger partial charge in [0.25, 0.3) is 5.56 Å². The number of benzene rings is 3. The Bertz CT molecular complexity index is 2010. The van der Waals surface area contributed by atoms with E-state index < -0.39 is 0 Å². The molecule has 3 heterocycles. The van der Waals surface area contributed by atoms with E-state index in [4.69, 9.17) is 9.72 Å². The van der Waals surface area contributed by atoms with Crippen molar-refractivity contribution in [3.63, 3.8) is 0 Å². The predicted octanol–water partition coefficient (Wildman–Crippen LogP) is 6.02. The number of hydrogen-bond acceptors (Lipinski definition) is 7. The lowest BCUT2D eigenvalue weighted by molar-refractivity contribution is 0.130. The van der Waals surface area contributed by atoms with Crippen LogP contribution in [-0.2, 0) is 6.54 Å². The summed E-state index contributed by atoms with van der Waals surface area (Å²) in [6.07, 6.45) is 0. The molecule has 5 aromatic rings. The first-order valence-corrected chi connectivity index (χ1v) is 15.1. The highest BCUT2D eigenvalue weighted by molar-refractivity contribution is 5.89. The number of anilines is 1. The van der Waals surface area contributed by atoms with Gasteiger partial charge >= 0.3 is 0 Å². The van der Waals surface area contributed by atoms with Crippen molar-refractivity contribution in [3.8, 4) is 17.9 Å². The fourth-order valence-electron chi connectivity index (χ4n) is 6.41. The van der Waals surface area contributed by atoms with Gasteiger partial charge in [-0.15, -0.1) is 0 Å². The first-order valence-electron chi connectivity index (χ1n) is 15.1. The van der Waals surface area contributed by atoms with Crippen molar-refractivity contribution in [2.75, 3.05) is 25.1 Å². The zero-order valence-electron chi connectivity index (χ0n) is 25.9. The number of hydrogen-bond donors (Lipinski definition) is 0. The Morgan fingerprint density at radius 3 is 2.20 bits per heavy atom. The molecule has 0 amide bonds. The molecule has 6 rings (SSSR count). The van der Waals surface area contributed by atoms with Crippen LogP contribution in [0.2, 0.25) is 0 Å². The second-order valence-corrected chi connectivity index (χ2v) is 11.7. The number of nitrogens with zero attached hydrogens (tertiary/aromatic N) is 6. The normalized spacial score (nSPS) is 17.3. The molecule has 1 unspecified atom stereocenters. The summed E-state index contributed by atoms with van der Waals surface area (Å²) in [5.41, 5.74) is 5.53. The van der Waals surface area contributed by atoms with Crippen molar-refractivity contribution in [1.29, 1.82) is 10.5 Å². The highest BCUT2D eigenvalue weighted by Crippen LogP contribution is 2.36. The number of nitriles is 2. The molecule has 1 saturated heterocycles. The molecule has 0 saturated carbocycles. The minimum absolute atomic E-state index is 0.0119. The maximum absolute atomic E-state index is 14.0. The molecule has 230 valence electrons. The van der Waals surface area contributed by atoms with Crippen LogP contribution in [-0.4, -0.2) is 46.7 Å². The molecule has 46 heavy (non-hydrogen) atoms. The maximum atomic E-state index is 14.0. The molecule has 0 N–H and O–H groups in total. The predicted molar refractivity (Wildman–Crippen MR) is 175 cm³/mol. The molecule has 1 aliphatic heterocycles. The Labute approximate surface area is 267 Å². The van der Waals surface area contributed by atoms with Crippen LogP contribution in [0.3, 0.4) is 0 Å². The maximum Gasteiger partial charge on any atom is 0.253 e. The van der Waals surface area contributed by atoms with E-state index in [9.17, 15) is 19.7 Å². The van der Waals surface area contributed by atoms with Gasteiger partial charge in [0.15, 0.2) is 0 Å². The zero-order valence-corrected chi connectivity index (χ0v) is 25.9. The van der Waals surface area contributed by atoms with E-state index in [-0.39, 0.29) is 35.2 Å². The van der Waals surface area contributed by atoms with E-state index >= 15 is 0 Å². The van der Waals surface area contributed by atoms with Crippen molar-refractivity contribution in [1.82, 2.24) is 14.5 Å². The molecule has 1 fully saturated rings. The van der Waals surface area contributed by atoms with Gasteiger partial charge in [-0.05, 0) is 79.1 Å². The molecule has 3 atom stereocenters. The number of fused-ring (bicyclic) bond motifs is 1. The first kappa shape index (κ1) is 30.5. The monoisotopic (exact) mass is 612 g/mol. The molecule has 0 spiro atoms. The van der Waals surface area contributed by atoms with Gasteiger partial charge < -0.3 is 14.2 Å². The number of pyridine rings is 2. The number of aromatic nitrogens is 2. The van der Waals surface area contributed by atoms with Crippen LogP contribution in [0.25, 0.3) is 11.0 Å². The number of halogens is 1. The average Bonchev–Trinajstić information content (AvgIpc) is 3.08. The largest absolute Gasteiger partial charge is 0.497 e. The topological polar surface area (TPSA) is 98.2 Å². The van der Waals surface area contributed by atoms with Crippen molar-refractivity contribution >= 4 is 16.7 Å². The molecule has 3 aromatic carbocycles. The Morgan fingerprint density at radius 1 is 0.891 bits per heavy atom. The summed E-state index contributed by atoms with van der Waals surface area (Å²) in [6, 6.07) is 30.9. The number of methoxy groups -OCH3 is 1. The molecule has 8 nitrogen and oxygen atoms in total. The van der Waals surface area contributed by atoms with Gasteiger partial charge in [-0.3, -0.25) is 9.69 Å². The van der Waals surface area contributed by atoms with Crippen LogP contribution in [0.15, 0.2) is 95.8 Å². The third kappa shape index (κ3) is 5.93. The van der Waals surface area contributed by atoms with E-state index in [2.05, 4.69) is 35.8 Å². The molecule has 0 bridgehead atoms. The summed E-state index contributed by atoms with van der Waals surface area (Å²) < 4.78 is 20.9. The van der Waals surface area contributed by atoms with Crippen molar-refractivity contribution in [3.05, 3.63) is 135 Å². The van der Waals surface area contributed by atoms with Crippen LogP contribution in [0, 0.1) is 28.5 Å². The summed E-state index contributed by atoms with van der Waals surface area (Å²) in [5, 5.41) is 19.1. The van der Waals surface area contributed by atoms with Gasteiger partial charge in [0.2, 0.25) is 0 Å². The van der Waals surface area contributed by atoms with Crippen LogP contribution in [0.1, 0.15) is 47.8 Å². The summed E-state index contributed by atoms with van der Waals surface area (Å²) in [5.74, 6) is 0.436. The fraction of sp³-hybridized carbons (Fsp3) is 0.243. The summed E-state index contributed by atoms with van der Waals surface area (Å²) >= 11 is 0. The molecule has 2 aromatic heterocycles. The SMILES string of the molecule is COc1ccc(Cn2c(=O)cc(N3C[C@@H](C)N(C(c4ccc(F)cc4)c4ccc(C#N)cc4)C[C@@H]3C)c3nc(C#N)ccc32)cc1.